The maximum atomic E-state index is 10.2. The smallest absolute Gasteiger partial charge is 0.250 e. The van der Waals surface area contributed by atoms with Crippen LogP contribution in [0.1, 0.15) is 13.3 Å². The minimum atomic E-state index is -0.264. The van der Waals surface area contributed by atoms with Crippen LogP contribution in [0.4, 0.5) is 0 Å². The van der Waals surface area contributed by atoms with Crippen LogP contribution in [0.25, 0.3) is 0 Å². The van der Waals surface area contributed by atoms with Gasteiger partial charge in [-0.25, -0.2) is 16.8 Å². The Morgan fingerprint density at radius 1 is 1.71 bits per heavy atom. The van der Waals surface area contributed by atoms with Crippen LogP contribution in [0.5, 0.6) is 0 Å². The summed E-state index contributed by atoms with van der Waals surface area (Å²) >= 11 is 0. The summed E-state index contributed by atoms with van der Waals surface area (Å²) in [5, 5.41) is 0.583. The average Bonchev–Trinajstić information content (AvgIpc) is 1.65. The molecular formula is C3H9N3O. The Bertz CT molecular complexity index is 70.6. The Morgan fingerprint density at radius 2 is 2.14 bits per heavy atom. The Balaban J connectivity index is 3.35. The number of nitrogens with two attached hydrogens (primary N) is 2. The molecule has 0 aromatic carbocycles. The van der Waals surface area contributed by atoms with Gasteiger partial charge >= 0.3 is 0 Å². The zero-order valence-corrected chi connectivity index (χ0v) is 4.22. The van der Waals surface area contributed by atoms with Gasteiger partial charge in [-0.2, -0.15) is 0 Å². The third-order valence-electron chi connectivity index (χ3n) is 0.590. The highest BCUT2D eigenvalue weighted by Crippen LogP contribution is 1.75. The maximum absolute atomic E-state index is 10.2. The van der Waals surface area contributed by atoms with E-state index in [1.165, 1.54) is 0 Å². The number of amides is 1. The van der Waals surface area contributed by atoms with E-state index in [1.807, 2.05) is 0 Å². The number of rotatable bonds is 1. The molecule has 0 rings (SSSR count). The number of hydrogen-bond acceptors (Lipinski definition) is 3. The molecule has 0 bridgehead atoms. The standard InChI is InChI=1S/C3H9N3O/c1-2-3(7)6(4)5/h2,4-5H2,1H3. The fourth-order valence-corrected chi connectivity index (χ4v) is 0.183. The van der Waals surface area contributed by atoms with Crippen molar-refractivity contribution in [2.24, 2.45) is 11.7 Å². The number of hydrogen-bond donors (Lipinski definition) is 2. The highest BCUT2D eigenvalue weighted by molar-refractivity contribution is 5.74. The van der Waals surface area contributed by atoms with Gasteiger partial charge in [-0.05, 0) is 0 Å². The number of carbonyl (C=O) groups excluding carboxylic acids is 1. The van der Waals surface area contributed by atoms with Crippen LogP contribution in [-0.2, 0) is 4.79 Å². The fourth-order valence-electron chi connectivity index (χ4n) is 0.183. The van der Waals surface area contributed by atoms with E-state index in [0.29, 0.717) is 11.5 Å². The highest BCUT2D eigenvalue weighted by atomic mass is 16.2. The van der Waals surface area contributed by atoms with Gasteiger partial charge in [0.1, 0.15) is 0 Å². The van der Waals surface area contributed by atoms with Crippen molar-refractivity contribution in [2.75, 3.05) is 0 Å². The summed E-state index contributed by atoms with van der Waals surface area (Å²) in [6.45, 7) is 1.69. The van der Waals surface area contributed by atoms with Crippen molar-refractivity contribution in [3.8, 4) is 0 Å². The zero-order valence-electron chi connectivity index (χ0n) is 4.22. The molecule has 4 N–H and O–H groups in total. The normalized spacial score (nSPS) is 8.43. The molecule has 0 spiro atoms. The van der Waals surface area contributed by atoms with Crippen molar-refractivity contribution >= 4 is 5.91 Å². The van der Waals surface area contributed by atoms with Crippen LogP contribution in [-0.4, -0.2) is 11.0 Å². The summed E-state index contributed by atoms with van der Waals surface area (Å²) in [6, 6.07) is 0. The summed E-state index contributed by atoms with van der Waals surface area (Å²) in [5.41, 5.74) is 0. The molecule has 0 unspecified atom stereocenters. The molecule has 0 fully saturated rings. The maximum Gasteiger partial charge on any atom is 0.250 e. The lowest BCUT2D eigenvalue weighted by molar-refractivity contribution is -0.131. The summed E-state index contributed by atoms with van der Waals surface area (Å²) in [5.74, 6) is 9.35. The highest BCUT2D eigenvalue weighted by Gasteiger charge is 1.96. The SMILES string of the molecule is CCC(=O)N(N)N. The second kappa shape index (κ2) is 2.54. The Labute approximate surface area is 42.0 Å². The summed E-state index contributed by atoms with van der Waals surface area (Å²) in [7, 11) is 0. The third-order valence-corrected chi connectivity index (χ3v) is 0.590. The van der Waals surface area contributed by atoms with Gasteiger partial charge in [-0.3, -0.25) is 4.79 Å². The van der Waals surface area contributed by atoms with Crippen LogP contribution in [0, 0.1) is 0 Å². The van der Waals surface area contributed by atoms with Crippen molar-refractivity contribution in [1.82, 2.24) is 5.12 Å². The lowest BCUT2D eigenvalue weighted by Gasteiger charge is -2.04. The van der Waals surface area contributed by atoms with Gasteiger partial charge in [0.05, 0.1) is 0 Å². The first kappa shape index (κ1) is 6.39. The molecule has 1 amide bonds. The molecule has 0 aliphatic rings. The van der Waals surface area contributed by atoms with Crippen molar-refractivity contribution in [3.05, 3.63) is 0 Å². The monoisotopic (exact) mass is 103 g/mol. The first-order valence-corrected chi connectivity index (χ1v) is 2.00. The van der Waals surface area contributed by atoms with E-state index in [2.05, 4.69) is 0 Å². The lowest BCUT2D eigenvalue weighted by atomic mass is 10.5. The molecular weight excluding hydrogens is 94.1 g/mol. The summed E-state index contributed by atoms with van der Waals surface area (Å²) in [6.07, 6.45) is 0.354. The molecule has 0 atom stereocenters. The predicted octanol–water partition coefficient (Wildman–Crippen LogP) is -1.03. The average molecular weight is 103 g/mol. The van der Waals surface area contributed by atoms with Crippen LogP contribution in [0.2, 0.25) is 0 Å². The molecule has 4 nitrogen and oxygen atoms in total. The van der Waals surface area contributed by atoms with E-state index in [0.717, 1.165) is 0 Å². The van der Waals surface area contributed by atoms with Crippen molar-refractivity contribution in [3.63, 3.8) is 0 Å². The molecule has 0 aromatic rings. The topological polar surface area (TPSA) is 72.3 Å². The second-order valence-electron chi connectivity index (χ2n) is 1.15. The van der Waals surface area contributed by atoms with Gasteiger partial charge in [0.15, 0.2) is 0 Å². The second-order valence-corrected chi connectivity index (χ2v) is 1.15. The van der Waals surface area contributed by atoms with Gasteiger partial charge in [0, 0.05) is 6.42 Å². The molecule has 0 aromatic heterocycles. The molecule has 0 aliphatic carbocycles. The molecule has 0 saturated heterocycles. The molecule has 4 heteroatoms. The van der Waals surface area contributed by atoms with Crippen molar-refractivity contribution in [1.29, 1.82) is 0 Å². The van der Waals surface area contributed by atoms with Crippen LogP contribution in [0.3, 0.4) is 0 Å². The lowest BCUT2D eigenvalue weighted by Crippen LogP contribution is -2.42. The third kappa shape index (κ3) is 2.13. The van der Waals surface area contributed by atoms with E-state index in [4.69, 9.17) is 11.7 Å². The van der Waals surface area contributed by atoms with Gasteiger partial charge in [-0.1, -0.05) is 6.92 Å². The van der Waals surface area contributed by atoms with Gasteiger partial charge in [-0.15, -0.1) is 0 Å². The van der Waals surface area contributed by atoms with Gasteiger partial charge < -0.3 is 0 Å². The summed E-state index contributed by atoms with van der Waals surface area (Å²) < 4.78 is 0. The zero-order chi connectivity index (χ0) is 5.86. The molecule has 0 heterocycles. The number of nitrogens with zero attached hydrogens (tertiary/aromatic N) is 1. The van der Waals surface area contributed by atoms with Gasteiger partial charge in [0.2, 0.25) is 0 Å². The van der Waals surface area contributed by atoms with Crippen LogP contribution < -0.4 is 11.7 Å². The molecule has 0 radical (unpaired) electrons. The molecule has 0 saturated carbocycles. The first-order chi connectivity index (χ1) is 3.18. The molecule has 42 valence electrons. The van der Waals surface area contributed by atoms with E-state index in [9.17, 15) is 4.79 Å². The van der Waals surface area contributed by atoms with Gasteiger partial charge in [0.25, 0.3) is 5.91 Å². The minimum absolute atomic E-state index is 0.264. The van der Waals surface area contributed by atoms with E-state index >= 15 is 0 Å². The van der Waals surface area contributed by atoms with E-state index in [1.54, 1.807) is 6.92 Å². The largest absolute Gasteiger partial charge is 0.272 e. The van der Waals surface area contributed by atoms with Crippen molar-refractivity contribution in [2.45, 2.75) is 13.3 Å². The summed E-state index contributed by atoms with van der Waals surface area (Å²) in [4.78, 5) is 10.2. The molecule has 7 heavy (non-hydrogen) atoms. The Morgan fingerprint density at radius 3 is 2.14 bits per heavy atom. The number of hydrazine groups is 2. The predicted molar refractivity (Wildman–Crippen MR) is 25.5 cm³/mol. The Hall–Kier alpha value is -0.610. The number of carbonyl (C=O) groups is 1. The van der Waals surface area contributed by atoms with Crippen LogP contribution >= 0.6 is 0 Å². The van der Waals surface area contributed by atoms with E-state index < -0.39 is 0 Å². The quantitative estimate of drug-likeness (QED) is 0.253. The fraction of sp³-hybridized carbons (Fsp3) is 0.667. The van der Waals surface area contributed by atoms with Crippen LogP contribution in [0.15, 0.2) is 0 Å². The van der Waals surface area contributed by atoms with E-state index in [-0.39, 0.29) is 5.91 Å². The first-order valence-electron chi connectivity index (χ1n) is 2.00. The minimum Gasteiger partial charge on any atom is -0.272 e. The Kier molecular flexibility index (Phi) is 2.32. The molecule has 0 aliphatic heterocycles. The van der Waals surface area contributed by atoms with Crippen molar-refractivity contribution < 1.29 is 4.79 Å².